The van der Waals surface area contributed by atoms with Crippen molar-refractivity contribution < 1.29 is 0 Å². The Kier molecular flexibility index (Phi) is 8.15. The van der Waals surface area contributed by atoms with Gasteiger partial charge in [-0.2, -0.15) is 0 Å². The predicted molar refractivity (Wildman–Crippen MR) is 283 cm³/mol. The number of rotatable bonds is 5. The summed E-state index contributed by atoms with van der Waals surface area (Å²) in [6.07, 6.45) is 0. The molecule has 2 nitrogen and oxygen atoms in total. The van der Waals surface area contributed by atoms with Crippen molar-refractivity contribution in [2.45, 2.75) is 24.7 Å². The van der Waals surface area contributed by atoms with Gasteiger partial charge in [0.15, 0.2) is 0 Å². The Balaban J connectivity index is 0.930. The number of nitrogens with zero attached hydrogens (tertiary/aromatic N) is 2. The van der Waals surface area contributed by atoms with Crippen LogP contribution in [0.4, 0.5) is 34.1 Å². The molecule has 0 radical (unpaired) electrons. The van der Waals surface area contributed by atoms with E-state index in [9.17, 15) is 0 Å². The minimum atomic E-state index is -0.507. The van der Waals surface area contributed by atoms with E-state index in [1.54, 1.807) is 0 Å². The van der Waals surface area contributed by atoms with Crippen LogP contribution in [0.25, 0.3) is 53.6 Å². The van der Waals surface area contributed by atoms with E-state index in [0.29, 0.717) is 0 Å². The summed E-state index contributed by atoms with van der Waals surface area (Å²) in [7, 11) is 0. The summed E-state index contributed by atoms with van der Waals surface area (Å²) in [5.41, 5.74) is 22.0. The van der Waals surface area contributed by atoms with Gasteiger partial charge in [-0.05, 0) is 128 Å². The Morgan fingerprint density at radius 1 is 0.358 bits per heavy atom. The molecule has 316 valence electrons. The standard InChI is InChI=1S/C64H44N2S/c1-63(2)53-24-11-13-27-57(53)66(58-28-14-12-25-54(58)63)59-29-16-26-55-62(59)50-21-7-10-23-52(50)64(55)51-22-9-6-19-46(51)47-37-33-42(39-56(47)64)41-31-34-44(35-32-41)65(43-17-4-3-5-18-43)45-36-38-49-48-20-8-15-30-60(48)67-61(49)40-45/h3-40H,1-2H3. The van der Waals surface area contributed by atoms with Gasteiger partial charge in [-0.1, -0.05) is 178 Å². The molecular formula is C64H44N2S. The SMILES string of the molecule is CC1(C)c2ccccc2N(c2cccc3c2-c2ccccc2C32c3ccccc3-c3ccc(-c4ccc(N(c5ccccc5)c5ccc6c(c5)sc5ccccc56)cc4)cc32)c2ccccc21. The molecule has 10 aromatic carbocycles. The van der Waals surface area contributed by atoms with Crippen LogP contribution in [0.3, 0.4) is 0 Å². The maximum absolute atomic E-state index is 2.55. The van der Waals surface area contributed by atoms with Crippen molar-refractivity contribution in [2.75, 3.05) is 9.80 Å². The van der Waals surface area contributed by atoms with Gasteiger partial charge in [-0.25, -0.2) is 0 Å². The van der Waals surface area contributed by atoms with Crippen molar-refractivity contribution in [3.05, 3.63) is 264 Å². The summed E-state index contributed by atoms with van der Waals surface area (Å²) < 4.78 is 2.61. The zero-order valence-electron chi connectivity index (χ0n) is 37.2. The zero-order chi connectivity index (χ0) is 44.4. The van der Waals surface area contributed by atoms with Crippen molar-refractivity contribution in [3.63, 3.8) is 0 Å². The second-order valence-corrected chi connectivity index (χ2v) is 19.9. The first kappa shape index (κ1) is 38.3. The van der Waals surface area contributed by atoms with Gasteiger partial charge in [-0.15, -0.1) is 11.3 Å². The number of thiophene rings is 1. The second-order valence-electron chi connectivity index (χ2n) is 18.8. The van der Waals surface area contributed by atoms with Crippen LogP contribution in [-0.4, -0.2) is 0 Å². The van der Waals surface area contributed by atoms with Crippen LogP contribution in [0.15, 0.2) is 231 Å². The van der Waals surface area contributed by atoms with Crippen molar-refractivity contribution >= 4 is 65.6 Å². The molecule has 2 heterocycles. The summed E-state index contributed by atoms with van der Waals surface area (Å²) in [4.78, 5) is 4.93. The summed E-state index contributed by atoms with van der Waals surface area (Å²) >= 11 is 1.86. The van der Waals surface area contributed by atoms with E-state index in [2.05, 4.69) is 254 Å². The smallest absolute Gasteiger partial charge is 0.0726 e. The third-order valence-corrected chi connectivity index (χ3v) is 16.2. The molecule has 3 heteroatoms. The topological polar surface area (TPSA) is 6.48 Å². The molecule has 1 aliphatic heterocycles. The van der Waals surface area contributed by atoms with E-state index in [1.807, 2.05) is 11.3 Å². The molecular weight excluding hydrogens is 829 g/mol. The van der Waals surface area contributed by atoms with Crippen LogP contribution < -0.4 is 9.80 Å². The van der Waals surface area contributed by atoms with Crippen molar-refractivity contribution in [1.29, 1.82) is 0 Å². The highest BCUT2D eigenvalue weighted by atomic mass is 32.1. The van der Waals surface area contributed by atoms with Gasteiger partial charge in [-0.3, -0.25) is 0 Å². The molecule has 0 fully saturated rings. The zero-order valence-corrected chi connectivity index (χ0v) is 38.1. The summed E-state index contributed by atoms with van der Waals surface area (Å²) in [5, 5.41) is 2.62. The average Bonchev–Trinajstić information content (AvgIpc) is 4.01. The Morgan fingerprint density at radius 3 is 1.66 bits per heavy atom. The fourth-order valence-electron chi connectivity index (χ4n) is 12.1. The predicted octanol–water partition coefficient (Wildman–Crippen LogP) is 17.6. The van der Waals surface area contributed by atoms with Crippen LogP contribution in [0.5, 0.6) is 0 Å². The lowest BCUT2D eigenvalue weighted by Gasteiger charge is -2.42. The number of benzene rings is 10. The maximum Gasteiger partial charge on any atom is 0.0726 e. The second kappa shape index (κ2) is 14.3. The van der Waals surface area contributed by atoms with Gasteiger partial charge >= 0.3 is 0 Å². The first-order chi connectivity index (χ1) is 33.0. The lowest BCUT2D eigenvalue weighted by atomic mass is 9.70. The van der Waals surface area contributed by atoms with Crippen molar-refractivity contribution in [2.24, 2.45) is 0 Å². The van der Waals surface area contributed by atoms with E-state index < -0.39 is 5.41 Å². The van der Waals surface area contributed by atoms with E-state index in [1.165, 1.54) is 104 Å². The molecule has 0 saturated carbocycles. The van der Waals surface area contributed by atoms with E-state index in [4.69, 9.17) is 0 Å². The number of para-hydroxylation sites is 3. The molecule has 1 spiro atoms. The van der Waals surface area contributed by atoms with Gasteiger partial charge < -0.3 is 9.80 Å². The normalized spacial score (nSPS) is 15.8. The third kappa shape index (κ3) is 5.32. The van der Waals surface area contributed by atoms with Gasteiger partial charge in [0.2, 0.25) is 0 Å². The lowest BCUT2D eigenvalue weighted by molar-refractivity contribution is 0.632. The van der Waals surface area contributed by atoms with Crippen LogP contribution in [0.1, 0.15) is 47.2 Å². The van der Waals surface area contributed by atoms with Crippen LogP contribution in [0, 0.1) is 0 Å². The van der Waals surface area contributed by atoms with E-state index in [0.717, 1.165) is 17.1 Å². The fourth-order valence-corrected chi connectivity index (χ4v) is 13.3. The quantitative estimate of drug-likeness (QED) is 0.170. The maximum atomic E-state index is 2.55. The lowest BCUT2D eigenvalue weighted by Crippen LogP contribution is -2.31. The molecule has 0 amide bonds. The molecule has 1 atom stereocenters. The monoisotopic (exact) mass is 872 g/mol. The first-order valence-corrected chi connectivity index (χ1v) is 24.2. The average molecular weight is 873 g/mol. The minimum Gasteiger partial charge on any atom is -0.310 e. The molecule has 0 N–H and O–H groups in total. The Morgan fingerprint density at radius 2 is 0.896 bits per heavy atom. The van der Waals surface area contributed by atoms with Crippen LogP contribution in [0.2, 0.25) is 0 Å². The Hall–Kier alpha value is -7.98. The molecule has 11 aromatic rings. The Labute approximate surface area is 395 Å². The number of hydrogen-bond acceptors (Lipinski definition) is 3. The van der Waals surface area contributed by atoms with E-state index >= 15 is 0 Å². The highest BCUT2D eigenvalue weighted by Gasteiger charge is 2.53. The molecule has 1 unspecified atom stereocenters. The largest absolute Gasteiger partial charge is 0.310 e. The highest BCUT2D eigenvalue weighted by molar-refractivity contribution is 7.25. The van der Waals surface area contributed by atoms with Gasteiger partial charge in [0, 0.05) is 48.2 Å². The molecule has 3 aliphatic rings. The molecule has 1 aromatic heterocycles. The van der Waals surface area contributed by atoms with Crippen molar-refractivity contribution in [1.82, 2.24) is 0 Å². The summed E-state index contributed by atoms with van der Waals surface area (Å²) in [6, 6.07) is 86.2. The molecule has 14 rings (SSSR count). The Bertz CT molecular complexity index is 3760. The number of anilines is 6. The van der Waals surface area contributed by atoms with Gasteiger partial charge in [0.1, 0.15) is 0 Å². The summed E-state index contributed by atoms with van der Waals surface area (Å²) in [6.45, 7) is 4.73. The minimum absolute atomic E-state index is 0.146. The molecule has 0 saturated heterocycles. The fraction of sp³-hybridized carbons (Fsp3) is 0.0625. The number of fused-ring (bicyclic) bond motifs is 15. The van der Waals surface area contributed by atoms with Crippen molar-refractivity contribution in [3.8, 4) is 33.4 Å². The van der Waals surface area contributed by atoms with Gasteiger partial charge in [0.05, 0.1) is 22.5 Å². The van der Waals surface area contributed by atoms with Gasteiger partial charge in [0.25, 0.3) is 0 Å². The number of hydrogen-bond donors (Lipinski definition) is 0. The van der Waals surface area contributed by atoms with Crippen LogP contribution in [-0.2, 0) is 10.8 Å². The van der Waals surface area contributed by atoms with Crippen LogP contribution >= 0.6 is 11.3 Å². The molecule has 0 bridgehead atoms. The highest BCUT2D eigenvalue weighted by Crippen LogP contribution is 2.66. The first-order valence-electron chi connectivity index (χ1n) is 23.3. The third-order valence-electron chi connectivity index (χ3n) is 15.1. The van der Waals surface area contributed by atoms with E-state index in [-0.39, 0.29) is 5.41 Å². The molecule has 2 aliphatic carbocycles. The molecule has 67 heavy (non-hydrogen) atoms. The summed E-state index contributed by atoms with van der Waals surface area (Å²) in [5.74, 6) is 0.